The van der Waals surface area contributed by atoms with Gasteiger partial charge in [-0.2, -0.15) is 0 Å². The van der Waals surface area contributed by atoms with Crippen molar-refractivity contribution in [3.05, 3.63) is 65.0 Å². The van der Waals surface area contributed by atoms with Crippen LogP contribution < -0.4 is 10.1 Å². The molecule has 7 nitrogen and oxygen atoms in total. The van der Waals surface area contributed by atoms with Gasteiger partial charge >= 0.3 is 0 Å². The predicted octanol–water partition coefficient (Wildman–Crippen LogP) is 3.44. The molecule has 2 heterocycles. The van der Waals surface area contributed by atoms with Gasteiger partial charge in [-0.05, 0) is 31.2 Å². The van der Waals surface area contributed by atoms with Crippen LogP contribution in [-0.4, -0.2) is 40.8 Å². The van der Waals surface area contributed by atoms with Crippen LogP contribution in [0.1, 0.15) is 27.6 Å². The van der Waals surface area contributed by atoms with Gasteiger partial charge in [-0.3, -0.25) is 19.3 Å². The van der Waals surface area contributed by atoms with E-state index >= 15 is 0 Å². The van der Waals surface area contributed by atoms with E-state index in [2.05, 4.69) is 10.3 Å². The van der Waals surface area contributed by atoms with Crippen LogP contribution in [0.15, 0.2) is 53.9 Å². The molecule has 0 radical (unpaired) electrons. The van der Waals surface area contributed by atoms with Crippen molar-refractivity contribution in [3.8, 4) is 17.0 Å². The van der Waals surface area contributed by atoms with Gasteiger partial charge in [-0.1, -0.05) is 24.3 Å². The molecule has 1 aromatic heterocycles. The SMILES string of the molecule is COc1ccccc1-c1csc(NC(=O)C(C)N2C(=O)c3ccccc3C2=O)n1. The number of nitrogens with one attached hydrogen (secondary N) is 1. The minimum atomic E-state index is -0.971. The smallest absolute Gasteiger partial charge is 0.262 e. The molecule has 1 unspecified atom stereocenters. The first kappa shape index (κ1) is 18.8. The second-order valence-corrected chi connectivity index (χ2v) is 7.29. The van der Waals surface area contributed by atoms with Gasteiger partial charge in [-0.25, -0.2) is 4.98 Å². The van der Waals surface area contributed by atoms with Crippen molar-refractivity contribution >= 4 is 34.2 Å². The number of thiazole rings is 1. The Balaban J connectivity index is 1.51. The summed E-state index contributed by atoms with van der Waals surface area (Å²) in [6, 6.07) is 13.0. The fourth-order valence-corrected chi connectivity index (χ4v) is 3.91. The molecule has 0 saturated heterocycles. The number of imide groups is 1. The Labute approximate surface area is 170 Å². The Hall–Kier alpha value is -3.52. The lowest BCUT2D eigenvalue weighted by Crippen LogP contribution is -2.45. The van der Waals surface area contributed by atoms with E-state index in [1.54, 1.807) is 36.8 Å². The van der Waals surface area contributed by atoms with Gasteiger partial charge in [0.2, 0.25) is 5.91 Å². The van der Waals surface area contributed by atoms with Crippen molar-refractivity contribution in [3.63, 3.8) is 0 Å². The molecule has 29 heavy (non-hydrogen) atoms. The highest BCUT2D eigenvalue weighted by Crippen LogP contribution is 2.32. The number of amides is 3. The van der Waals surface area contributed by atoms with Gasteiger partial charge in [0.1, 0.15) is 11.8 Å². The molecular weight excluding hydrogens is 390 g/mol. The van der Waals surface area contributed by atoms with Crippen LogP contribution in [-0.2, 0) is 4.79 Å². The summed E-state index contributed by atoms with van der Waals surface area (Å²) < 4.78 is 5.35. The minimum Gasteiger partial charge on any atom is -0.496 e. The monoisotopic (exact) mass is 407 g/mol. The lowest BCUT2D eigenvalue weighted by Gasteiger charge is -2.21. The van der Waals surface area contributed by atoms with Crippen LogP contribution in [0.5, 0.6) is 5.75 Å². The first-order valence-corrected chi connectivity index (χ1v) is 9.76. The number of hydrogen-bond donors (Lipinski definition) is 1. The lowest BCUT2D eigenvalue weighted by molar-refractivity contribution is -0.119. The van der Waals surface area contributed by atoms with E-state index in [0.717, 1.165) is 10.5 Å². The van der Waals surface area contributed by atoms with Crippen molar-refractivity contribution < 1.29 is 19.1 Å². The molecular formula is C21H17N3O4S. The van der Waals surface area contributed by atoms with Gasteiger partial charge < -0.3 is 10.1 Å². The Morgan fingerprint density at radius 1 is 1.03 bits per heavy atom. The summed E-state index contributed by atoms with van der Waals surface area (Å²) in [7, 11) is 1.58. The Morgan fingerprint density at radius 2 is 1.62 bits per heavy atom. The summed E-state index contributed by atoms with van der Waals surface area (Å²) in [5.41, 5.74) is 2.09. The minimum absolute atomic E-state index is 0.310. The first-order chi connectivity index (χ1) is 14.0. The quantitative estimate of drug-likeness (QED) is 0.655. The van der Waals surface area contributed by atoms with Crippen molar-refractivity contribution in [2.24, 2.45) is 0 Å². The molecule has 1 aliphatic heterocycles. The highest BCUT2D eigenvalue weighted by molar-refractivity contribution is 7.14. The van der Waals surface area contributed by atoms with Crippen molar-refractivity contribution in [2.75, 3.05) is 12.4 Å². The van der Waals surface area contributed by atoms with E-state index in [1.807, 2.05) is 24.3 Å². The maximum Gasteiger partial charge on any atom is 0.262 e. The molecule has 3 amide bonds. The molecule has 0 bridgehead atoms. The Kier molecular flexibility index (Phi) is 4.85. The first-order valence-electron chi connectivity index (χ1n) is 8.88. The van der Waals surface area contributed by atoms with Crippen LogP contribution in [0.25, 0.3) is 11.3 Å². The second kappa shape index (κ2) is 7.48. The predicted molar refractivity (Wildman–Crippen MR) is 109 cm³/mol. The Bertz CT molecular complexity index is 1090. The average Bonchev–Trinajstić information content (AvgIpc) is 3.30. The zero-order valence-electron chi connectivity index (χ0n) is 15.7. The zero-order valence-corrected chi connectivity index (χ0v) is 16.5. The van der Waals surface area contributed by atoms with Crippen LogP contribution in [0.2, 0.25) is 0 Å². The topological polar surface area (TPSA) is 88.6 Å². The number of fused-ring (bicyclic) bond motifs is 1. The van der Waals surface area contributed by atoms with E-state index < -0.39 is 23.8 Å². The van der Waals surface area contributed by atoms with Crippen LogP contribution in [0, 0.1) is 0 Å². The number of methoxy groups -OCH3 is 1. The van der Waals surface area contributed by atoms with Crippen LogP contribution >= 0.6 is 11.3 Å². The molecule has 8 heteroatoms. The van der Waals surface area contributed by atoms with E-state index in [0.29, 0.717) is 27.7 Å². The lowest BCUT2D eigenvalue weighted by atomic mass is 10.1. The summed E-state index contributed by atoms with van der Waals surface area (Å²) in [4.78, 5) is 43.2. The summed E-state index contributed by atoms with van der Waals surface area (Å²) in [6.07, 6.45) is 0. The highest BCUT2D eigenvalue weighted by atomic mass is 32.1. The van der Waals surface area contributed by atoms with Crippen molar-refractivity contribution in [1.29, 1.82) is 0 Å². The maximum atomic E-state index is 12.7. The summed E-state index contributed by atoms with van der Waals surface area (Å²) in [6.45, 7) is 1.52. The van der Waals surface area contributed by atoms with E-state index in [4.69, 9.17) is 4.74 Å². The number of ether oxygens (including phenoxy) is 1. The number of hydrogen-bond acceptors (Lipinski definition) is 6. The highest BCUT2D eigenvalue weighted by Gasteiger charge is 2.40. The molecule has 0 saturated carbocycles. The number of carbonyl (C=O) groups is 3. The number of aromatic nitrogens is 1. The molecule has 2 aromatic carbocycles. The van der Waals surface area contributed by atoms with Crippen molar-refractivity contribution in [1.82, 2.24) is 9.88 Å². The second-order valence-electron chi connectivity index (χ2n) is 6.43. The largest absolute Gasteiger partial charge is 0.496 e. The Morgan fingerprint density at radius 3 is 2.24 bits per heavy atom. The van der Waals surface area contributed by atoms with E-state index in [1.165, 1.54) is 18.3 Å². The molecule has 3 aromatic rings. The molecule has 1 N–H and O–H groups in total. The number of para-hydroxylation sites is 1. The van der Waals surface area contributed by atoms with Gasteiger partial charge in [0.05, 0.1) is 23.9 Å². The van der Waals surface area contributed by atoms with Gasteiger partial charge in [0, 0.05) is 10.9 Å². The van der Waals surface area contributed by atoms with Crippen LogP contribution in [0.3, 0.4) is 0 Å². The molecule has 4 rings (SSSR count). The fourth-order valence-electron chi connectivity index (χ4n) is 3.20. The third-order valence-electron chi connectivity index (χ3n) is 4.71. The number of benzene rings is 2. The van der Waals surface area contributed by atoms with E-state index in [9.17, 15) is 14.4 Å². The van der Waals surface area contributed by atoms with Crippen molar-refractivity contribution in [2.45, 2.75) is 13.0 Å². The van der Waals surface area contributed by atoms with Gasteiger partial charge in [0.15, 0.2) is 5.13 Å². The third-order valence-corrected chi connectivity index (χ3v) is 5.47. The normalized spacial score (nSPS) is 13.9. The summed E-state index contributed by atoms with van der Waals surface area (Å²) >= 11 is 1.25. The summed E-state index contributed by atoms with van der Waals surface area (Å²) in [5, 5.41) is 4.88. The average molecular weight is 407 g/mol. The molecule has 1 aliphatic rings. The molecule has 1 atom stereocenters. The van der Waals surface area contributed by atoms with Gasteiger partial charge in [0.25, 0.3) is 11.8 Å². The zero-order chi connectivity index (χ0) is 20.5. The molecule has 0 spiro atoms. The fraction of sp³-hybridized carbons (Fsp3) is 0.143. The number of carbonyl (C=O) groups excluding carboxylic acids is 3. The number of rotatable bonds is 5. The standard InChI is InChI=1S/C21H17N3O4S/c1-12(24-19(26)13-7-3-4-8-14(13)20(24)27)18(25)23-21-22-16(11-29-21)15-9-5-6-10-17(15)28-2/h3-12H,1-2H3,(H,22,23,25). The molecule has 146 valence electrons. The molecule has 0 aliphatic carbocycles. The summed E-state index contributed by atoms with van der Waals surface area (Å²) in [5.74, 6) is -0.750. The number of nitrogens with zero attached hydrogens (tertiary/aromatic N) is 2. The number of anilines is 1. The maximum absolute atomic E-state index is 12.7. The van der Waals surface area contributed by atoms with E-state index in [-0.39, 0.29) is 0 Å². The van der Waals surface area contributed by atoms with Gasteiger partial charge in [-0.15, -0.1) is 11.3 Å². The van der Waals surface area contributed by atoms with Crippen LogP contribution in [0.4, 0.5) is 5.13 Å². The third kappa shape index (κ3) is 3.27. The molecule has 0 fully saturated rings.